The van der Waals surface area contributed by atoms with E-state index in [9.17, 15) is 9.59 Å². The maximum absolute atomic E-state index is 11.8. The van der Waals surface area contributed by atoms with E-state index in [1.807, 2.05) is 21.1 Å². The summed E-state index contributed by atoms with van der Waals surface area (Å²) in [5.41, 5.74) is 0. The molecule has 0 rings (SSSR count). The quantitative estimate of drug-likeness (QED) is 0.357. The van der Waals surface area contributed by atoms with Gasteiger partial charge in [-0.25, -0.2) is 0 Å². The zero-order valence-corrected chi connectivity index (χ0v) is 14.4. The molecule has 0 aromatic carbocycles. The van der Waals surface area contributed by atoms with Crippen molar-refractivity contribution in [2.45, 2.75) is 0 Å². The van der Waals surface area contributed by atoms with Crippen molar-refractivity contribution < 1.29 is 19.8 Å². The largest absolute Gasteiger partial charge is 0.395 e. The Labute approximate surface area is 138 Å². The minimum atomic E-state index is -0.411. The first-order chi connectivity index (χ1) is 10.9. The summed E-state index contributed by atoms with van der Waals surface area (Å²) < 4.78 is 0. The van der Waals surface area contributed by atoms with Crippen molar-refractivity contribution in [2.75, 3.05) is 73.6 Å². The molecule has 0 aromatic rings. The van der Waals surface area contributed by atoms with Crippen LogP contribution in [0.2, 0.25) is 0 Å². The second kappa shape index (κ2) is 13.0. The summed E-state index contributed by atoms with van der Waals surface area (Å²) in [5.74, 6) is -0.751. The summed E-state index contributed by atoms with van der Waals surface area (Å²) in [6.45, 7) is 2.96. The normalized spacial score (nSPS) is 11.4. The number of hydrogen-bond donors (Lipinski definition) is 3. The van der Waals surface area contributed by atoms with Crippen LogP contribution in [0, 0.1) is 0 Å². The Morgan fingerprint density at radius 3 is 2.04 bits per heavy atom. The fourth-order valence-corrected chi connectivity index (χ4v) is 1.74. The van der Waals surface area contributed by atoms with Gasteiger partial charge in [-0.3, -0.25) is 9.59 Å². The molecule has 0 bridgehead atoms. The first-order valence-electron chi connectivity index (χ1n) is 7.70. The molecule has 0 aliphatic carbocycles. The van der Waals surface area contributed by atoms with Gasteiger partial charge in [0.05, 0.1) is 13.2 Å². The minimum Gasteiger partial charge on any atom is -0.395 e. The number of nitrogens with zero attached hydrogens (tertiary/aromatic N) is 3. The molecule has 0 saturated heterocycles. The lowest BCUT2D eigenvalue weighted by Gasteiger charge is -2.19. The van der Waals surface area contributed by atoms with Crippen LogP contribution >= 0.6 is 0 Å². The van der Waals surface area contributed by atoms with Crippen LogP contribution in [0.25, 0.3) is 0 Å². The summed E-state index contributed by atoms with van der Waals surface area (Å²) in [5, 5.41) is 20.4. The third-order valence-electron chi connectivity index (χ3n) is 3.15. The van der Waals surface area contributed by atoms with Crippen LogP contribution in [0.1, 0.15) is 0 Å². The van der Waals surface area contributed by atoms with E-state index in [4.69, 9.17) is 10.2 Å². The number of hydrogen-bond acceptors (Lipinski definition) is 6. The molecule has 3 N–H and O–H groups in total. The molecule has 0 heterocycles. The highest BCUT2D eigenvalue weighted by Crippen LogP contribution is 1.91. The Bertz CT molecular complexity index is 368. The van der Waals surface area contributed by atoms with Gasteiger partial charge in [0, 0.05) is 51.4 Å². The molecule has 0 atom stereocenters. The number of aliphatic hydroxyl groups is 2. The highest BCUT2D eigenvalue weighted by molar-refractivity contribution is 5.96. The average molecular weight is 330 g/mol. The Hall–Kier alpha value is -1.48. The van der Waals surface area contributed by atoms with E-state index in [1.165, 1.54) is 11.0 Å². The van der Waals surface area contributed by atoms with Gasteiger partial charge in [0.15, 0.2) is 0 Å². The molecule has 2 amide bonds. The molecule has 0 aliphatic heterocycles. The minimum absolute atomic E-state index is 0.127. The molecule has 8 heteroatoms. The first kappa shape index (κ1) is 21.5. The molecule has 0 spiro atoms. The third-order valence-corrected chi connectivity index (χ3v) is 3.15. The molecule has 8 nitrogen and oxygen atoms in total. The van der Waals surface area contributed by atoms with Crippen LogP contribution in [0.4, 0.5) is 0 Å². The SMILES string of the molecule is CN(C)CCN(C)CCNC(=O)/C=C\C(=O)N(CCO)CCO. The lowest BCUT2D eigenvalue weighted by atomic mass is 10.3. The zero-order valence-electron chi connectivity index (χ0n) is 14.4. The summed E-state index contributed by atoms with van der Waals surface area (Å²) >= 11 is 0. The average Bonchev–Trinajstić information content (AvgIpc) is 2.50. The molecule has 0 aromatic heterocycles. The molecule has 0 aliphatic rings. The van der Waals surface area contributed by atoms with Crippen LogP contribution in [-0.4, -0.2) is 110 Å². The molecule has 134 valence electrons. The van der Waals surface area contributed by atoms with Gasteiger partial charge in [0.1, 0.15) is 0 Å². The van der Waals surface area contributed by atoms with Crippen molar-refractivity contribution >= 4 is 11.8 Å². The van der Waals surface area contributed by atoms with Crippen molar-refractivity contribution in [1.82, 2.24) is 20.0 Å². The monoisotopic (exact) mass is 330 g/mol. The lowest BCUT2D eigenvalue weighted by molar-refractivity contribution is -0.127. The number of carbonyl (C=O) groups is 2. The zero-order chi connectivity index (χ0) is 17.7. The summed E-state index contributed by atoms with van der Waals surface area (Å²) in [6, 6.07) is 0. The van der Waals surface area contributed by atoms with Gasteiger partial charge in [-0.05, 0) is 21.1 Å². The molecule has 23 heavy (non-hydrogen) atoms. The topological polar surface area (TPSA) is 96.4 Å². The van der Waals surface area contributed by atoms with Crippen molar-refractivity contribution in [2.24, 2.45) is 0 Å². The second-order valence-corrected chi connectivity index (χ2v) is 5.50. The predicted molar refractivity (Wildman–Crippen MR) is 89.0 cm³/mol. The summed E-state index contributed by atoms with van der Waals surface area (Å²) in [6.07, 6.45) is 2.32. The van der Waals surface area contributed by atoms with Crippen molar-refractivity contribution in [1.29, 1.82) is 0 Å². The second-order valence-electron chi connectivity index (χ2n) is 5.50. The van der Waals surface area contributed by atoms with E-state index >= 15 is 0 Å². The summed E-state index contributed by atoms with van der Waals surface area (Å²) in [4.78, 5) is 28.9. The molecule has 0 fully saturated rings. The van der Waals surface area contributed by atoms with E-state index in [-0.39, 0.29) is 32.2 Å². The molecule has 0 unspecified atom stereocenters. The van der Waals surface area contributed by atoms with Crippen molar-refractivity contribution in [3.8, 4) is 0 Å². The number of aliphatic hydroxyl groups excluding tert-OH is 2. The highest BCUT2D eigenvalue weighted by Gasteiger charge is 2.09. The predicted octanol–water partition coefficient (Wildman–Crippen LogP) is -2.03. The van der Waals surface area contributed by atoms with Gasteiger partial charge in [0.2, 0.25) is 11.8 Å². The Morgan fingerprint density at radius 2 is 1.52 bits per heavy atom. The molecular weight excluding hydrogens is 300 g/mol. The third kappa shape index (κ3) is 11.7. The smallest absolute Gasteiger partial charge is 0.246 e. The fourth-order valence-electron chi connectivity index (χ4n) is 1.74. The van der Waals surface area contributed by atoms with E-state index in [0.29, 0.717) is 6.54 Å². The lowest BCUT2D eigenvalue weighted by Crippen LogP contribution is -2.36. The number of rotatable bonds is 12. The molecule has 0 saturated carbocycles. The highest BCUT2D eigenvalue weighted by atomic mass is 16.3. The van der Waals surface area contributed by atoms with Gasteiger partial charge in [-0.1, -0.05) is 0 Å². The van der Waals surface area contributed by atoms with E-state index in [0.717, 1.165) is 25.7 Å². The van der Waals surface area contributed by atoms with E-state index < -0.39 is 5.91 Å². The number of nitrogens with one attached hydrogen (secondary N) is 1. The van der Waals surface area contributed by atoms with Crippen molar-refractivity contribution in [3.63, 3.8) is 0 Å². The maximum Gasteiger partial charge on any atom is 0.246 e. The van der Waals surface area contributed by atoms with Gasteiger partial charge in [-0.15, -0.1) is 0 Å². The number of likely N-dealkylation sites (N-methyl/N-ethyl adjacent to an activating group) is 2. The first-order valence-corrected chi connectivity index (χ1v) is 7.70. The van der Waals surface area contributed by atoms with Crippen molar-refractivity contribution in [3.05, 3.63) is 12.2 Å². The van der Waals surface area contributed by atoms with Crippen LogP contribution in [0.15, 0.2) is 12.2 Å². The summed E-state index contributed by atoms with van der Waals surface area (Å²) in [7, 11) is 6.00. The van der Waals surface area contributed by atoms with Crippen LogP contribution in [0.3, 0.4) is 0 Å². The molecule has 0 radical (unpaired) electrons. The van der Waals surface area contributed by atoms with Gasteiger partial charge in [0.25, 0.3) is 0 Å². The van der Waals surface area contributed by atoms with Gasteiger partial charge in [-0.2, -0.15) is 0 Å². The van der Waals surface area contributed by atoms with Crippen LogP contribution in [-0.2, 0) is 9.59 Å². The van der Waals surface area contributed by atoms with Crippen LogP contribution in [0.5, 0.6) is 0 Å². The van der Waals surface area contributed by atoms with Crippen LogP contribution < -0.4 is 5.32 Å². The standard InChI is InChI=1S/C15H30N4O4/c1-17(2)8-9-18(3)7-6-16-14(22)4-5-15(23)19(10-12-20)11-13-21/h4-5,20-21H,6-13H2,1-3H3,(H,16,22)/b5-4-. The molecular formula is C15H30N4O4. The van der Waals surface area contributed by atoms with Gasteiger partial charge < -0.3 is 30.2 Å². The fraction of sp³-hybridized carbons (Fsp3) is 0.733. The Balaban J connectivity index is 4.05. The van der Waals surface area contributed by atoms with E-state index in [2.05, 4.69) is 15.1 Å². The maximum atomic E-state index is 11.8. The van der Waals surface area contributed by atoms with Gasteiger partial charge >= 0.3 is 0 Å². The van der Waals surface area contributed by atoms with E-state index in [1.54, 1.807) is 0 Å². The number of carbonyl (C=O) groups excluding carboxylic acids is 2. The Morgan fingerprint density at radius 1 is 0.913 bits per heavy atom. The Kier molecular flexibility index (Phi) is 12.2. The number of amides is 2.